The molecule has 0 bridgehead atoms. The fraction of sp³-hybridized carbons (Fsp3) is 0.435. The lowest BCUT2D eigenvalue weighted by Crippen LogP contribution is -2.53. The molecule has 1 amide bonds. The molecule has 32 heavy (non-hydrogen) atoms. The Balaban J connectivity index is 1.24. The molecule has 8 nitrogen and oxygen atoms in total. The van der Waals surface area contributed by atoms with Gasteiger partial charge in [-0.25, -0.2) is 9.97 Å². The number of nitrogens with zero attached hydrogens (tertiary/aromatic N) is 4. The van der Waals surface area contributed by atoms with Crippen molar-refractivity contribution in [2.45, 2.75) is 44.2 Å². The molecule has 0 aliphatic carbocycles. The van der Waals surface area contributed by atoms with Gasteiger partial charge in [0.05, 0.1) is 20.2 Å². The molecule has 0 unspecified atom stereocenters. The molecule has 0 radical (unpaired) electrons. The van der Waals surface area contributed by atoms with Gasteiger partial charge in [-0.15, -0.1) is 11.3 Å². The second-order valence-electron chi connectivity index (χ2n) is 8.27. The van der Waals surface area contributed by atoms with E-state index in [2.05, 4.69) is 24.8 Å². The number of hydrogen-bond donors (Lipinski definition) is 1. The molecule has 1 N–H and O–H groups in total. The Labute approximate surface area is 191 Å². The van der Waals surface area contributed by atoms with Gasteiger partial charge in [-0.2, -0.15) is 0 Å². The molecule has 3 aromatic rings. The summed E-state index contributed by atoms with van der Waals surface area (Å²) >= 11 is 1.68. The second kappa shape index (κ2) is 9.01. The minimum atomic E-state index is -0.541. The highest BCUT2D eigenvalue weighted by Crippen LogP contribution is 2.40. The van der Waals surface area contributed by atoms with Gasteiger partial charge in [0.1, 0.15) is 22.2 Å². The van der Waals surface area contributed by atoms with Gasteiger partial charge in [-0.05, 0) is 30.5 Å². The SMILES string of the molecule is COc1ccc(CNC(=O)[C@H]2Cn3ccnc3C3(CCN(Cc4nccs4)CC3)O2)cc1. The Morgan fingerprint density at radius 3 is 2.78 bits per heavy atom. The topological polar surface area (TPSA) is 81.5 Å². The first-order valence-corrected chi connectivity index (χ1v) is 11.7. The van der Waals surface area contributed by atoms with Crippen molar-refractivity contribution < 1.29 is 14.3 Å². The number of rotatable bonds is 6. The van der Waals surface area contributed by atoms with Gasteiger partial charge in [-0.1, -0.05) is 12.1 Å². The van der Waals surface area contributed by atoms with Crippen molar-refractivity contribution in [3.8, 4) is 5.75 Å². The molecule has 9 heteroatoms. The largest absolute Gasteiger partial charge is 0.497 e. The summed E-state index contributed by atoms with van der Waals surface area (Å²) in [5.74, 6) is 1.64. The highest BCUT2D eigenvalue weighted by molar-refractivity contribution is 7.09. The van der Waals surface area contributed by atoms with Crippen LogP contribution in [0.2, 0.25) is 0 Å². The number of methoxy groups -OCH3 is 1. The van der Waals surface area contributed by atoms with Crippen molar-refractivity contribution in [1.29, 1.82) is 0 Å². The van der Waals surface area contributed by atoms with E-state index in [1.807, 2.05) is 42.0 Å². The minimum absolute atomic E-state index is 0.0928. The molecule has 2 aliphatic rings. The Morgan fingerprint density at radius 1 is 1.25 bits per heavy atom. The number of ether oxygens (including phenoxy) is 2. The maximum Gasteiger partial charge on any atom is 0.251 e. The van der Waals surface area contributed by atoms with Crippen LogP contribution in [0.1, 0.15) is 29.2 Å². The number of carbonyl (C=O) groups is 1. The number of hydrogen-bond acceptors (Lipinski definition) is 7. The van der Waals surface area contributed by atoms with Crippen LogP contribution in [0.4, 0.5) is 0 Å². The summed E-state index contributed by atoms with van der Waals surface area (Å²) < 4.78 is 13.8. The number of imidazole rings is 1. The molecule has 1 saturated heterocycles. The van der Waals surface area contributed by atoms with Crippen LogP contribution in [0.3, 0.4) is 0 Å². The molecule has 1 atom stereocenters. The maximum atomic E-state index is 13.0. The molecule has 4 heterocycles. The van der Waals surface area contributed by atoms with Gasteiger partial charge < -0.3 is 19.4 Å². The van der Waals surface area contributed by atoms with Crippen LogP contribution in [0, 0.1) is 0 Å². The van der Waals surface area contributed by atoms with Crippen molar-refractivity contribution in [2.75, 3.05) is 20.2 Å². The maximum absolute atomic E-state index is 13.0. The van der Waals surface area contributed by atoms with Gasteiger partial charge >= 0.3 is 0 Å². The fourth-order valence-corrected chi connectivity index (χ4v) is 5.17. The number of amides is 1. The number of thiazole rings is 1. The van der Waals surface area contributed by atoms with Gasteiger partial charge in [0, 0.05) is 43.6 Å². The highest BCUT2D eigenvalue weighted by atomic mass is 32.1. The molecule has 5 rings (SSSR count). The van der Waals surface area contributed by atoms with E-state index in [1.165, 1.54) is 0 Å². The van der Waals surface area contributed by atoms with Gasteiger partial charge in [0.2, 0.25) is 0 Å². The zero-order chi connectivity index (χ0) is 22.0. The van der Waals surface area contributed by atoms with Gasteiger partial charge in [0.15, 0.2) is 6.10 Å². The summed E-state index contributed by atoms with van der Waals surface area (Å²) in [6.45, 7) is 3.55. The molecule has 1 fully saturated rings. The van der Waals surface area contributed by atoms with Crippen LogP contribution in [-0.4, -0.2) is 51.6 Å². The quantitative estimate of drug-likeness (QED) is 0.618. The summed E-state index contributed by atoms with van der Waals surface area (Å²) in [7, 11) is 1.64. The van der Waals surface area contributed by atoms with E-state index in [4.69, 9.17) is 9.47 Å². The summed E-state index contributed by atoms with van der Waals surface area (Å²) in [5, 5.41) is 6.17. The van der Waals surface area contributed by atoms with E-state index in [1.54, 1.807) is 24.6 Å². The summed E-state index contributed by atoms with van der Waals surface area (Å²) in [4.78, 5) is 24.4. The van der Waals surface area contributed by atoms with E-state index >= 15 is 0 Å². The third-order valence-corrected chi connectivity index (χ3v) is 7.04. The van der Waals surface area contributed by atoms with Crippen molar-refractivity contribution in [3.63, 3.8) is 0 Å². The van der Waals surface area contributed by atoms with Crippen molar-refractivity contribution >= 4 is 17.2 Å². The van der Waals surface area contributed by atoms with E-state index in [0.29, 0.717) is 13.1 Å². The molecular weight excluding hydrogens is 426 g/mol. The van der Waals surface area contributed by atoms with Crippen molar-refractivity contribution in [2.24, 2.45) is 0 Å². The van der Waals surface area contributed by atoms with Gasteiger partial charge in [0.25, 0.3) is 5.91 Å². The Kier molecular flexibility index (Phi) is 5.95. The molecule has 2 aromatic heterocycles. The molecular formula is C23H27N5O3S. The normalized spacial score (nSPS) is 20.1. The first-order chi connectivity index (χ1) is 15.6. The monoisotopic (exact) mass is 453 g/mol. The Morgan fingerprint density at radius 2 is 2.06 bits per heavy atom. The van der Waals surface area contributed by atoms with E-state index in [-0.39, 0.29) is 5.91 Å². The number of fused-ring (bicyclic) bond motifs is 2. The minimum Gasteiger partial charge on any atom is -0.497 e. The smallest absolute Gasteiger partial charge is 0.251 e. The molecule has 1 spiro atoms. The summed E-state index contributed by atoms with van der Waals surface area (Å²) in [6, 6.07) is 7.69. The average molecular weight is 454 g/mol. The molecule has 1 aromatic carbocycles. The highest BCUT2D eigenvalue weighted by Gasteiger charge is 2.47. The lowest BCUT2D eigenvalue weighted by atomic mass is 9.88. The van der Waals surface area contributed by atoms with Crippen molar-refractivity contribution in [1.82, 2.24) is 24.8 Å². The van der Waals surface area contributed by atoms with E-state index in [9.17, 15) is 4.79 Å². The third-order valence-electron chi connectivity index (χ3n) is 6.28. The van der Waals surface area contributed by atoms with Crippen LogP contribution in [-0.2, 0) is 34.8 Å². The molecule has 0 saturated carbocycles. The summed E-state index contributed by atoms with van der Waals surface area (Å²) in [6.07, 6.45) is 6.67. The van der Waals surface area contributed by atoms with Gasteiger partial charge in [-0.3, -0.25) is 9.69 Å². The first-order valence-electron chi connectivity index (χ1n) is 10.9. The van der Waals surface area contributed by atoms with Crippen LogP contribution >= 0.6 is 11.3 Å². The van der Waals surface area contributed by atoms with E-state index in [0.717, 1.165) is 54.6 Å². The first kappa shape index (κ1) is 21.1. The number of likely N-dealkylation sites (tertiary alicyclic amines) is 1. The van der Waals surface area contributed by atoms with Crippen molar-refractivity contribution in [3.05, 3.63) is 64.6 Å². The standard InChI is InChI=1S/C23H27N5O3S/c1-30-18-4-2-17(3-5-18)14-26-21(29)19-15-28-12-8-25-22(28)23(31-19)6-10-27(11-7-23)16-20-24-9-13-32-20/h2-5,8-9,12-13,19H,6-7,10-11,14-16H2,1H3,(H,26,29)/t19-/m1/s1. The predicted molar refractivity (Wildman–Crippen MR) is 120 cm³/mol. The molecule has 168 valence electrons. The average Bonchev–Trinajstić information content (AvgIpc) is 3.52. The van der Waals surface area contributed by atoms with Crippen LogP contribution < -0.4 is 10.1 Å². The second-order valence-corrected chi connectivity index (χ2v) is 9.25. The zero-order valence-corrected chi connectivity index (χ0v) is 18.9. The lowest BCUT2D eigenvalue weighted by molar-refractivity contribution is -0.174. The zero-order valence-electron chi connectivity index (χ0n) is 18.1. The predicted octanol–water partition coefficient (Wildman–Crippen LogP) is 2.55. The number of aromatic nitrogens is 3. The Hall–Kier alpha value is -2.75. The number of piperidine rings is 1. The molecule has 2 aliphatic heterocycles. The van der Waals surface area contributed by atoms with Crippen LogP contribution in [0.25, 0.3) is 0 Å². The Bertz CT molecular complexity index is 1040. The summed E-state index contributed by atoms with van der Waals surface area (Å²) in [5.41, 5.74) is 0.493. The number of benzene rings is 1. The lowest BCUT2D eigenvalue weighted by Gasteiger charge is -2.45. The number of nitrogens with one attached hydrogen (secondary N) is 1. The van der Waals surface area contributed by atoms with Crippen LogP contribution in [0.5, 0.6) is 5.75 Å². The fourth-order valence-electron chi connectivity index (χ4n) is 4.52. The number of carbonyl (C=O) groups excluding carboxylic acids is 1. The third kappa shape index (κ3) is 4.28. The van der Waals surface area contributed by atoms with Crippen LogP contribution in [0.15, 0.2) is 48.2 Å². The van der Waals surface area contributed by atoms with E-state index < -0.39 is 11.7 Å².